The van der Waals surface area contributed by atoms with E-state index in [1.807, 2.05) is 0 Å². The molecule has 0 saturated carbocycles. The predicted molar refractivity (Wildman–Crippen MR) is 104 cm³/mol. The largest absolute Gasteiger partial charge is 0.366 e. The number of benzene rings is 2. The summed E-state index contributed by atoms with van der Waals surface area (Å²) in [5.41, 5.74) is 6.36. The second-order valence-corrected chi connectivity index (χ2v) is 6.28. The standard InChI is InChI=1S/C19H14N6O4/c20-17(26)13-7-5-12(6-8-13)10-23-11-21-18-14(19(23)27)9-22-24(18)15-3-1-2-4-16(15)25(28)29/h1-9,11H,10H2,(H2,20,26). The van der Waals surface area contributed by atoms with Crippen LogP contribution in [0.5, 0.6) is 0 Å². The summed E-state index contributed by atoms with van der Waals surface area (Å²) in [4.78, 5) is 39.1. The molecule has 29 heavy (non-hydrogen) atoms. The maximum Gasteiger partial charge on any atom is 0.294 e. The van der Waals surface area contributed by atoms with E-state index in [0.717, 1.165) is 5.56 Å². The van der Waals surface area contributed by atoms with Crippen LogP contribution in [0.1, 0.15) is 15.9 Å². The van der Waals surface area contributed by atoms with E-state index in [4.69, 9.17) is 5.73 Å². The number of para-hydroxylation sites is 2. The molecule has 0 aliphatic carbocycles. The van der Waals surface area contributed by atoms with Crippen molar-refractivity contribution in [3.05, 3.63) is 92.7 Å². The summed E-state index contributed by atoms with van der Waals surface area (Å²) in [5, 5.41) is 15.7. The van der Waals surface area contributed by atoms with Gasteiger partial charge in [0, 0.05) is 11.6 Å². The Kier molecular flexibility index (Phi) is 4.36. The molecule has 2 aromatic heterocycles. The van der Waals surface area contributed by atoms with Crippen molar-refractivity contribution in [3.63, 3.8) is 0 Å². The van der Waals surface area contributed by atoms with Gasteiger partial charge in [0.15, 0.2) is 5.65 Å². The van der Waals surface area contributed by atoms with Crippen molar-refractivity contribution in [2.24, 2.45) is 5.73 Å². The van der Waals surface area contributed by atoms with Gasteiger partial charge < -0.3 is 5.73 Å². The number of primary amides is 1. The summed E-state index contributed by atoms with van der Waals surface area (Å²) < 4.78 is 2.67. The Balaban J connectivity index is 1.74. The van der Waals surface area contributed by atoms with Crippen molar-refractivity contribution in [3.8, 4) is 5.69 Å². The minimum Gasteiger partial charge on any atom is -0.366 e. The number of aromatic nitrogens is 4. The van der Waals surface area contributed by atoms with Crippen LogP contribution in [-0.4, -0.2) is 30.2 Å². The number of nitrogens with two attached hydrogens (primary N) is 1. The van der Waals surface area contributed by atoms with Gasteiger partial charge in [-0.2, -0.15) is 5.10 Å². The van der Waals surface area contributed by atoms with Crippen molar-refractivity contribution in [1.29, 1.82) is 0 Å². The minimum absolute atomic E-state index is 0.141. The van der Waals surface area contributed by atoms with Crippen LogP contribution in [0.25, 0.3) is 16.7 Å². The van der Waals surface area contributed by atoms with Crippen LogP contribution < -0.4 is 11.3 Å². The van der Waals surface area contributed by atoms with Crippen LogP contribution in [0, 0.1) is 10.1 Å². The number of nitro groups is 1. The molecule has 0 atom stereocenters. The van der Waals surface area contributed by atoms with Crippen LogP contribution in [-0.2, 0) is 6.54 Å². The topological polar surface area (TPSA) is 139 Å². The van der Waals surface area contributed by atoms with Gasteiger partial charge in [0.1, 0.15) is 17.4 Å². The molecule has 0 radical (unpaired) electrons. The lowest BCUT2D eigenvalue weighted by molar-refractivity contribution is -0.384. The van der Waals surface area contributed by atoms with Crippen molar-refractivity contribution in [1.82, 2.24) is 19.3 Å². The number of carbonyl (C=O) groups is 1. The summed E-state index contributed by atoms with van der Waals surface area (Å²) in [6.07, 6.45) is 2.70. The monoisotopic (exact) mass is 390 g/mol. The van der Waals surface area contributed by atoms with Gasteiger partial charge in [0.2, 0.25) is 5.91 Å². The van der Waals surface area contributed by atoms with Crippen molar-refractivity contribution < 1.29 is 9.72 Å². The first-order valence-electron chi connectivity index (χ1n) is 8.51. The first kappa shape index (κ1) is 18.0. The van der Waals surface area contributed by atoms with Crippen molar-refractivity contribution >= 4 is 22.6 Å². The normalized spacial score (nSPS) is 10.9. The van der Waals surface area contributed by atoms with E-state index >= 15 is 0 Å². The number of hydrogen-bond donors (Lipinski definition) is 1. The maximum atomic E-state index is 12.8. The number of fused-ring (bicyclic) bond motifs is 1. The third-order valence-corrected chi connectivity index (χ3v) is 4.45. The Labute approximate surface area is 163 Å². The molecule has 10 heteroatoms. The van der Waals surface area contributed by atoms with Crippen LogP contribution >= 0.6 is 0 Å². The van der Waals surface area contributed by atoms with Gasteiger partial charge in [-0.15, -0.1) is 0 Å². The van der Waals surface area contributed by atoms with E-state index in [1.165, 1.54) is 33.9 Å². The van der Waals surface area contributed by atoms with E-state index in [9.17, 15) is 19.7 Å². The molecular formula is C19H14N6O4. The fourth-order valence-electron chi connectivity index (χ4n) is 3.01. The van der Waals surface area contributed by atoms with E-state index < -0.39 is 10.8 Å². The molecule has 2 heterocycles. The zero-order valence-corrected chi connectivity index (χ0v) is 14.9. The van der Waals surface area contributed by atoms with Gasteiger partial charge in [-0.05, 0) is 23.8 Å². The van der Waals surface area contributed by atoms with Crippen LogP contribution in [0.4, 0.5) is 5.69 Å². The number of amides is 1. The highest BCUT2D eigenvalue weighted by Crippen LogP contribution is 2.23. The van der Waals surface area contributed by atoms with Crippen LogP contribution in [0.15, 0.2) is 65.8 Å². The molecule has 0 aliphatic rings. The number of nitrogens with zero attached hydrogens (tertiary/aromatic N) is 5. The van der Waals surface area contributed by atoms with Gasteiger partial charge in [-0.3, -0.25) is 24.3 Å². The van der Waals surface area contributed by atoms with E-state index in [2.05, 4.69) is 10.1 Å². The molecule has 0 saturated heterocycles. The molecule has 0 bridgehead atoms. The zero-order valence-electron chi connectivity index (χ0n) is 14.9. The Morgan fingerprint density at radius 2 is 1.86 bits per heavy atom. The average Bonchev–Trinajstić information content (AvgIpc) is 3.15. The lowest BCUT2D eigenvalue weighted by Gasteiger charge is -2.07. The quantitative estimate of drug-likeness (QED) is 0.406. The first-order chi connectivity index (χ1) is 14.0. The summed E-state index contributed by atoms with van der Waals surface area (Å²) in [6.45, 7) is 0.234. The highest BCUT2D eigenvalue weighted by atomic mass is 16.6. The van der Waals surface area contributed by atoms with Crippen molar-refractivity contribution in [2.75, 3.05) is 0 Å². The summed E-state index contributed by atoms with van der Waals surface area (Å²) in [7, 11) is 0. The fourth-order valence-corrected chi connectivity index (χ4v) is 3.01. The molecule has 4 rings (SSSR count). The summed E-state index contributed by atoms with van der Waals surface area (Å²) in [6, 6.07) is 12.7. The molecule has 144 valence electrons. The molecule has 1 amide bonds. The van der Waals surface area contributed by atoms with Crippen molar-refractivity contribution in [2.45, 2.75) is 6.54 Å². The summed E-state index contributed by atoms with van der Waals surface area (Å²) in [5.74, 6) is -0.528. The average molecular weight is 390 g/mol. The lowest BCUT2D eigenvalue weighted by atomic mass is 10.1. The second-order valence-electron chi connectivity index (χ2n) is 6.28. The first-order valence-corrected chi connectivity index (χ1v) is 8.51. The van der Waals surface area contributed by atoms with Gasteiger partial charge in [-0.1, -0.05) is 24.3 Å². The number of carbonyl (C=O) groups excluding carboxylic acids is 1. The predicted octanol–water partition coefficient (Wildman–Crippen LogP) is 1.64. The second kappa shape index (κ2) is 7.00. The third-order valence-electron chi connectivity index (χ3n) is 4.45. The molecule has 2 N–H and O–H groups in total. The molecule has 4 aromatic rings. The molecule has 0 spiro atoms. The van der Waals surface area contributed by atoms with Gasteiger partial charge in [0.25, 0.3) is 11.2 Å². The lowest BCUT2D eigenvalue weighted by Crippen LogP contribution is -2.21. The van der Waals surface area contributed by atoms with E-state index in [-0.39, 0.29) is 34.5 Å². The van der Waals surface area contributed by atoms with Gasteiger partial charge in [-0.25, -0.2) is 9.67 Å². The zero-order chi connectivity index (χ0) is 20.5. The van der Waals surface area contributed by atoms with Crippen LogP contribution in [0.2, 0.25) is 0 Å². The SMILES string of the molecule is NC(=O)c1ccc(Cn2cnc3c(cnn3-c3ccccc3[N+](=O)[O-])c2=O)cc1. The molecule has 0 unspecified atom stereocenters. The van der Waals surface area contributed by atoms with E-state index in [0.29, 0.717) is 5.56 Å². The molecule has 0 aliphatic heterocycles. The molecule has 10 nitrogen and oxygen atoms in total. The Morgan fingerprint density at radius 3 is 2.55 bits per heavy atom. The minimum atomic E-state index is -0.528. The fraction of sp³-hybridized carbons (Fsp3) is 0.0526. The molecule has 0 fully saturated rings. The van der Waals surface area contributed by atoms with Gasteiger partial charge in [0.05, 0.1) is 17.7 Å². The smallest absolute Gasteiger partial charge is 0.294 e. The van der Waals surface area contributed by atoms with Crippen LogP contribution in [0.3, 0.4) is 0 Å². The third kappa shape index (κ3) is 3.23. The number of hydrogen-bond acceptors (Lipinski definition) is 6. The Hall–Kier alpha value is -4.34. The maximum absolute atomic E-state index is 12.8. The number of nitro benzene ring substituents is 1. The highest BCUT2D eigenvalue weighted by Gasteiger charge is 2.19. The van der Waals surface area contributed by atoms with E-state index in [1.54, 1.807) is 36.4 Å². The highest BCUT2D eigenvalue weighted by molar-refractivity contribution is 5.92. The molecule has 2 aromatic carbocycles. The Morgan fingerprint density at radius 1 is 1.14 bits per heavy atom. The number of rotatable bonds is 5. The Bertz CT molecular complexity index is 1310. The van der Waals surface area contributed by atoms with Gasteiger partial charge >= 0.3 is 0 Å². The summed E-state index contributed by atoms with van der Waals surface area (Å²) >= 11 is 0. The molecular weight excluding hydrogens is 376 g/mol.